The highest BCUT2D eigenvalue weighted by Gasteiger charge is 1.99. The van der Waals surface area contributed by atoms with E-state index in [1.807, 2.05) is 36.4 Å². The largest absolute Gasteiger partial charge is 0.497 e. The van der Waals surface area contributed by atoms with Crippen molar-refractivity contribution >= 4 is 11.8 Å². The van der Waals surface area contributed by atoms with Crippen LogP contribution in [0.4, 0.5) is 0 Å². The minimum Gasteiger partial charge on any atom is -0.497 e. The molecule has 0 saturated heterocycles. The number of hydrogen-bond acceptors (Lipinski definition) is 4. The van der Waals surface area contributed by atoms with E-state index in [1.165, 1.54) is 5.56 Å². The molecule has 4 heteroatoms. The highest BCUT2D eigenvalue weighted by molar-refractivity contribution is 7.98. The molecule has 0 aliphatic heterocycles. The van der Waals surface area contributed by atoms with Gasteiger partial charge in [-0.15, -0.1) is 11.8 Å². The Hall–Kier alpha value is -1.99. The first-order valence-corrected chi connectivity index (χ1v) is 6.42. The fourth-order valence-electron chi connectivity index (χ4n) is 1.45. The molecule has 0 saturated carbocycles. The predicted octanol–water partition coefficient (Wildman–Crippen LogP) is 3.25. The smallest absolute Gasteiger partial charge is 0.141 e. The number of aromatic nitrogens is 1. The van der Waals surface area contributed by atoms with Gasteiger partial charge in [0.1, 0.15) is 17.5 Å². The summed E-state index contributed by atoms with van der Waals surface area (Å²) in [6, 6.07) is 13.7. The van der Waals surface area contributed by atoms with E-state index in [4.69, 9.17) is 10.00 Å². The Bertz CT molecular complexity index is 561. The number of pyridine rings is 1. The molecule has 0 atom stereocenters. The number of methoxy groups -OCH3 is 1. The van der Waals surface area contributed by atoms with Crippen molar-refractivity contribution < 1.29 is 4.74 Å². The van der Waals surface area contributed by atoms with E-state index in [9.17, 15) is 0 Å². The monoisotopic (exact) mass is 256 g/mol. The summed E-state index contributed by atoms with van der Waals surface area (Å²) >= 11 is 1.68. The lowest BCUT2D eigenvalue weighted by Crippen LogP contribution is -1.85. The van der Waals surface area contributed by atoms with Gasteiger partial charge < -0.3 is 4.74 Å². The molecule has 0 amide bonds. The van der Waals surface area contributed by atoms with Crippen molar-refractivity contribution in [1.29, 1.82) is 5.26 Å². The maximum atomic E-state index is 8.77. The molecule has 0 spiro atoms. The number of thioether (sulfide) groups is 1. The molecule has 0 aliphatic carbocycles. The lowest BCUT2D eigenvalue weighted by Gasteiger charge is -2.03. The third kappa shape index (κ3) is 3.25. The molecule has 0 bridgehead atoms. The number of ether oxygens (including phenoxy) is 1. The number of rotatable bonds is 4. The summed E-state index contributed by atoms with van der Waals surface area (Å²) < 4.78 is 5.11. The molecule has 90 valence electrons. The van der Waals surface area contributed by atoms with Crippen molar-refractivity contribution in [2.24, 2.45) is 0 Å². The maximum absolute atomic E-state index is 8.77. The first-order valence-electron chi connectivity index (χ1n) is 5.43. The molecule has 1 heterocycles. The van der Waals surface area contributed by atoms with Gasteiger partial charge in [0.15, 0.2) is 0 Å². The Morgan fingerprint density at radius 3 is 2.72 bits per heavy atom. The fraction of sp³-hybridized carbons (Fsp3) is 0.143. The quantitative estimate of drug-likeness (QED) is 0.788. The number of nitriles is 1. The van der Waals surface area contributed by atoms with Gasteiger partial charge in [0.25, 0.3) is 0 Å². The van der Waals surface area contributed by atoms with Crippen LogP contribution < -0.4 is 4.74 Å². The van der Waals surface area contributed by atoms with Crippen LogP contribution in [0.1, 0.15) is 11.3 Å². The number of hydrogen-bond donors (Lipinski definition) is 0. The van der Waals surface area contributed by atoms with Gasteiger partial charge in [0.05, 0.1) is 7.11 Å². The van der Waals surface area contributed by atoms with Crippen molar-refractivity contribution in [1.82, 2.24) is 4.98 Å². The van der Waals surface area contributed by atoms with Crippen LogP contribution in [0.3, 0.4) is 0 Å². The summed E-state index contributed by atoms with van der Waals surface area (Å²) in [4.78, 5) is 5.00. The van der Waals surface area contributed by atoms with Crippen LogP contribution in [0.2, 0.25) is 0 Å². The third-order valence-corrected chi connectivity index (χ3v) is 3.48. The molecular formula is C14H12N2OS. The maximum Gasteiger partial charge on any atom is 0.141 e. The van der Waals surface area contributed by atoms with E-state index >= 15 is 0 Å². The van der Waals surface area contributed by atoms with Crippen LogP contribution in [-0.2, 0) is 5.75 Å². The van der Waals surface area contributed by atoms with Gasteiger partial charge in [-0.3, -0.25) is 0 Å². The van der Waals surface area contributed by atoms with Crippen molar-refractivity contribution in [2.45, 2.75) is 10.6 Å². The van der Waals surface area contributed by atoms with Crippen LogP contribution in [0.25, 0.3) is 0 Å². The Labute approximate surface area is 110 Å². The van der Waals surface area contributed by atoms with Crippen molar-refractivity contribution in [3.8, 4) is 11.8 Å². The zero-order valence-corrected chi connectivity index (χ0v) is 10.8. The normalized spacial score (nSPS) is 9.78. The predicted molar refractivity (Wildman–Crippen MR) is 71.5 cm³/mol. The number of benzene rings is 1. The first kappa shape index (κ1) is 12.5. The molecule has 0 radical (unpaired) electrons. The standard InChI is InChI=1S/C14H12N2OS/c1-17-13-4-2-11(3-5-13)10-18-14-6-7-16-12(8-14)9-15/h2-8H,10H2,1H3. The average Bonchev–Trinajstić information content (AvgIpc) is 2.46. The van der Waals surface area contributed by atoms with Gasteiger partial charge in [-0.05, 0) is 29.8 Å². The van der Waals surface area contributed by atoms with E-state index in [2.05, 4.69) is 4.98 Å². The molecule has 0 N–H and O–H groups in total. The van der Waals surface area contributed by atoms with E-state index < -0.39 is 0 Å². The summed E-state index contributed by atoms with van der Waals surface area (Å²) in [5, 5.41) is 8.77. The molecule has 2 rings (SSSR count). The van der Waals surface area contributed by atoms with Gasteiger partial charge in [0.2, 0.25) is 0 Å². The van der Waals surface area contributed by atoms with Crippen LogP contribution in [0.15, 0.2) is 47.5 Å². The van der Waals surface area contributed by atoms with Crippen LogP contribution >= 0.6 is 11.8 Å². The van der Waals surface area contributed by atoms with Gasteiger partial charge in [-0.2, -0.15) is 5.26 Å². The second-order valence-electron chi connectivity index (χ2n) is 3.63. The minimum atomic E-state index is 0.453. The van der Waals surface area contributed by atoms with Gasteiger partial charge in [-0.1, -0.05) is 12.1 Å². The molecule has 1 aromatic carbocycles. The Morgan fingerprint density at radius 2 is 2.06 bits per heavy atom. The van der Waals surface area contributed by atoms with Crippen molar-refractivity contribution in [2.75, 3.05) is 7.11 Å². The summed E-state index contributed by atoms with van der Waals surface area (Å²) in [6.07, 6.45) is 1.66. The molecule has 0 fully saturated rings. The third-order valence-electron chi connectivity index (χ3n) is 2.41. The number of nitrogens with zero attached hydrogens (tertiary/aromatic N) is 2. The minimum absolute atomic E-state index is 0.453. The molecule has 0 aliphatic rings. The SMILES string of the molecule is COc1ccc(CSc2ccnc(C#N)c2)cc1. The highest BCUT2D eigenvalue weighted by atomic mass is 32.2. The Balaban J connectivity index is 2.00. The Kier molecular flexibility index (Phi) is 4.21. The average molecular weight is 256 g/mol. The zero-order chi connectivity index (χ0) is 12.8. The zero-order valence-electron chi connectivity index (χ0n) is 9.96. The molecule has 0 unspecified atom stereocenters. The highest BCUT2D eigenvalue weighted by Crippen LogP contribution is 2.23. The van der Waals surface area contributed by atoms with Crippen molar-refractivity contribution in [3.63, 3.8) is 0 Å². The molecule has 3 nitrogen and oxygen atoms in total. The van der Waals surface area contributed by atoms with Gasteiger partial charge in [-0.25, -0.2) is 4.98 Å². The van der Waals surface area contributed by atoms with Crippen LogP contribution in [-0.4, -0.2) is 12.1 Å². The van der Waals surface area contributed by atoms with E-state index in [0.717, 1.165) is 16.4 Å². The lowest BCUT2D eigenvalue weighted by atomic mass is 10.2. The summed E-state index contributed by atoms with van der Waals surface area (Å²) in [7, 11) is 1.66. The van der Waals surface area contributed by atoms with E-state index in [-0.39, 0.29) is 0 Å². The second kappa shape index (κ2) is 6.08. The van der Waals surface area contributed by atoms with Crippen molar-refractivity contribution in [3.05, 3.63) is 53.9 Å². The summed E-state index contributed by atoms with van der Waals surface area (Å²) in [5.74, 6) is 1.72. The molecular weight excluding hydrogens is 244 g/mol. The summed E-state index contributed by atoms with van der Waals surface area (Å²) in [5.41, 5.74) is 1.67. The topological polar surface area (TPSA) is 45.9 Å². The molecule has 18 heavy (non-hydrogen) atoms. The van der Waals surface area contributed by atoms with E-state index in [0.29, 0.717) is 5.69 Å². The first-order chi connectivity index (χ1) is 8.81. The lowest BCUT2D eigenvalue weighted by molar-refractivity contribution is 0.414. The summed E-state index contributed by atoms with van der Waals surface area (Å²) in [6.45, 7) is 0. The second-order valence-corrected chi connectivity index (χ2v) is 4.67. The van der Waals surface area contributed by atoms with Crippen LogP contribution in [0.5, 0.6) is 5.75 Å². The van der Waals surface area contributed by atoms with E-state index in [1.54, 1.807) is 31.1 Å². The van der Waals surface area contributed by atoms with Crippen LogP contribution in [0, 0.1) is 11.3 Å². The fourth-order valence-corrected chi connectivity index (χ4v) is 2.33. The molecule has 2 aromatic rings. The Morgan fingerprint density at radius 1 is 1.28 bits per heavy atom. The molecule has 1 aromatic heterocycles. The van der Waals surface area contributed by atoms with Gasteiger partial charge >= 0.3 is 0 Å². The van der Waals surface area contributed by atoms with Gasteiger partial charge in [0, 0.05) is 16.8 Å².